The van der Waals surface area contributed by atoms with Crippen LogP contribution in [0.3, 0.4) is 0 Å². The van der Waals surface area contributed by atoms with Crippen LogP contribution in [0.15, 0.2) is 41.4 Å². The summed E-state index contributed by atoms with van der Waals surface area (Å²) in [5.74, 6) is -0.413. The summed E-state index contributed by atoms with van der Waals surface area (Å²) < 4.78 is 27.9. The van der Waals surface area contributed by atoms with Crippen LogP contribution >= 0.6 is 11.6 Å². The third-order valence-electron chi connectivity index (χ3n) is 5.87. The Morgan fingerprint density at radius 1 is 0.968 bits per heavy atom. The molecule has 1 N–H and O–H groups in total. The van der Waals surface area contributed by atoms with Gasteiger partial charge in [0.2, 0.25) is 10.0 Å². The van der Waals surface area contributed by atoms with Crippen LogP contribution in [-0.4, -0.2) is 49.8 Å². The van der Waals surface area contributed by atoms with Crippen LogP contribution in [-0.2, 0) is 10.0 Å². The van der Waals surface area contributed by atoms with Gasteiger partial charge >= 0.3 is 0 Å². The fourth-order valence-electron chi connectivity index (χ4n) is 4.19. The molecule has 0 spiro atoms. The molecule has 0 aliphatic carbocycles. The first-order chi connectivity index (χ1) is 15.0. The van der Waals surface area contributed by atoms with Gasteiger partial charge in [-0.1, -0.05) is 18.0 Å². The van der Waals surface area contributed by atoms with E-state index in [2.05, 4.69) is 15.2 Å². The van der Waals surface area contributed by atoms with Crippen LogP contribution in [0.1, 0.15) is 48.9 Å². The molecule has 0 atom stereocenters. The zero-order chi connectivity index (χ0) is 21.8. The number of anilines is 2. The quantitative estimate of drug-likeness (QED) is 0.675. The van der Waals surface area contributed by atoms with Crippen molar-refractivity contribution in [3.63, 3.8) is 0 Å². The Hall–Kier alpha value is -2.16. The smallest absolute Gasteiger partial charge is 0.258 e. The van der Waals surface area contributed by atoms with Crippen molar-refractivity contribution in [2.75, 3.05) is 36.4 Å². The molecular weight excluding hydrogens is 436 g/mol. The number of halogens is 1. The minimum absolute atomic E-state index is 0.108. The highest BCUT2D eigenvalue weighted by Gasteiger charge is 2.28. The molecular formula is C22H27ClN4O3S. The number of hydrogen-bond donors (Lipinski definition) is 1. The molecule has 2 aromatic rings. The summed E-state index contributed by atoms with van der Waals surface area (Å²) in [6.45, 7) is 2.80. The number of rotatable bonds is 5. The highest BCUT2D eigenvalue weighted by molar-refractivity contribution is 7.89. The number of pyridine rings is 1. The van der Waals surface area contributed by atoms with Crippen molar-refractivity contribution in [2.45, 2.75) is 43.4 Å². The van der Waals surface area contributed by atoms with Crippen molar-refractivity contribution < 1.29 is 13.2 Å². The van der Waals surface area contributed by atoms with Gasteiger partial charge in [-0.25, -0.2) is 13.4 Å². The molecule has 7 nitrogen and oxygen atoms in total. The van der Waals surface area contributed by atoms with E-state index < -0.39 is 15.9 Å². The molecule has 4 rings (SSSR count). The number of piperidine rings is 2. The summed E-state index contributed by atoms with van der Waals surface area (Å²) in [4.78, 5) is 19.3. The minimum Gasteiger partial charge on any atom is -0.370 e. The Morgan fingerprint density at radius 3 is 2.32 bits per heavy atom. The Balaban J connectivity index is 1.69. The number of carbonyl (C=O) groups excluding carboxylic acids is 1. The molecule has 3 heterocycles. The molecule has 2 aliphatic heterocycles. The number of aromatic nitrogens is 1. The second-order valence-electron chi connectivity index (χ2n) is 7.99. The second-order valence-corrected chi connectivity index (χ2v) is 10.3. The normalized spacial score (nSPS) is 18.0. The van der Waals surface area contributed by atoms with Crippen LogP contribution in [0, 0.1) is 0 Å². The average Bonchev–Trinajstić information content (AvgIpc) is 2.80. The first-order valence-corrected chi connectivity index (χ1v) is 12.6. The van der Waals surface area contributed by atoms with E-state index in [4.69, 9.17) is 11.6 Å². The maximum absolute atomic E-state index is 13.2. The summed E-state index contributed by atoms with van der Waals surface area (Å²) in [5.41, 5.74) is 1.55. The van der Waals surface area contributed by atoms with Gasteiger partial charge in [0.05, 0.1) is 21.8 Å². The maximum atomic E-state index is 13.2. The molecule has 31 heavy (non-hydrogen) atoms. The standard InChI is InChI=1S/C22H27ClN4O3S/c23-21-18(8-7-11-24-21)22(28)25-19-16-17(31(29,30)27-14-5-2-6-15-27)9-10-20(19)26-12-3-1-4-13-26/h7-11,16H,1-6,12-15H2,(H,25,28). The molecule has 0 unspecified atom stereocenters. The monoisotopic (exact) mass is 462 g/mol. The highest BCUT2D eigenvalue weighted by Crippen LogP contribution is 2.33. The molecule has 9 heteroatoms. The van der Waals surface area contributed by atoms with Gasteiger partial charge in [0.25, 0.3) is 5.91 Å². The number of benzene rings is 1. The van der Waals surface area contributed by atoms with Crippen LogP contribution < -0.4 is 10.2 Å². The SMILES string of the molecule is O=C(Nc1cc(S(=O)(=O)N2CCCCC2)ccc1N1CCCCC1)c1cccnc1Cl. The van der Waals surface area contributed by atoms with E-state index in [0.717, 1.165) is 50.9 Å². The molecule has 1 aromatic heterocycles. The van der Waals surface area contributed by atoms with Crippen molar-refractivity contribution >= 4 is 38.9 Å². The largest absolute Gasteiger partial charge is 0.370 e. The van der Waals surface area contributed by atoms with Crippen molar-refractivity contribution in [1.29, 1.82) is 0 Å². The molecule has 0 bridgehead atoms. The molecule has 1 aromatic carbocycles. The number of carbonyl (C=O) groups is 1. The Labute approximate surface area is 188 Å². The van der Waals surface area contributed by atoms with Crippen LogP contribution in [0.25, 0.3) is 0 Å². The Morgan fingerprint density at radius 2 is 1.65 bits per heavy atom. The zero-order valence-electron chi connectivity index (χ0n) is 17.4. The lowest BCUT2D eigenvalue weighted by atomic mass is 10.1. The van der Waals surface area contributed by atoms with E-state index in [-0.39, 0.29) is 15.6 Å². The van der Waals surface area contributed by atoms with E-state index in [9.17, 15) is 13.2 Å². The van der Waals surface area contributed by atoms with Crippen LogP contribution in [0.5, 0.6) is 0 Å². The lowest BCUT2D eigenvalue weighted by Crippen LogP contribution is -2.36. The predicted molar refractivity (Wildman–Crippen MR) is 122 cm³/mol. The van der Waals surface area contributed by atoms with Gasteiger partial charge in [0.15, 0.2) is 0 Å². The Bertz CT molecular complexity index is 1050. The van der Waals surface area contributed by atoms with Gasteiger partial charge in [0, 0.05) is 32.4 Å². The fraction of sp³-hybridized carbons (Fsp3) is 0.455. The summed E-state index contributed by atoms with van der Waals surface area (Å²) >= 11 is 6.09. The van der Waals surface area contributed by atoms with Crippen LogP contribution in [0.4, 0.5) is 11.4 Å². The van der Waals surface area contributed by atoms with E-state index >= 15 is 0 Å². The number of nitrogens with zero attached hydrogens (tertiary/aromatic N) is 3. The highest BCUT2D eigenvalue weighted by atomic mass is 35.5. The third-order valence-corrected chi connectivity index (χ3v) is 8.07. The molecule has 2 saturated heterocycles. The Kier molecular flexibility index (Phi) is 6.79. The summed E-state index contributed by atoms with van der Waals surface area (Å²) in [5, 5.41) is 3.00. The minimum atomic E-state index is -3.62. The lowest BCUT2D eigenvalue weighted by Gasteiger charge is -2.31. The summed E-state index contributed by atoms with van der Waals surface area (Å²) in [6, 6.07) is 8.28. The molecule has 0 saturated carbocycles. The van der Waals surface area contributed by atoms with Crippen molar-refractivity contribution in [1.82, 2.24) is 9.29 Å². The number of nitrogens with one attached hydrogen (secondary N) is 1. The van der Waals surface area contributed by atoms with Gasteiger partial charge in [-0.15, -0.1) is 0 Å². The van der Waals surface area contributed by atoms with Gasteiger partial charge in [-0.3, -0.25) is 4.79 Å². The number of sulfonamides is 1. The van der Waals surface area contributed by atoms with Crippen molar-refractivity contribution in [3.05, 3.63) is 47.2 Å². The van der Waals surface area contributed by atoms with Gasteiger partial charge in [0.1, 0.15) is 5.15 Å². The third kappa shape index (κ3) is 4.86. The lowest BCUT2D eigenvalue weighted by molar-refractivity contribution is 0.102. The molecule has 2 aliphatic rings. The van der Waals surface area contributed by atoms with E-state index in [0.29, 0.717) is 18.8 Å². The topological polar surface area (TPSA) is 82.6 Å². The number of hydrogen-bond acceptors (Lipinski definition) is 5. The maximum Gasteiger partial charge on any atom is 0.258 e. The van der Waals surface area contributed by atoms with E-state index in [1.807, 2.05) is 6.07 Å². The van der Waals surface area contributed by atoms with E-state index in [1.165, 1.54) is 16.9 Å². The summed E-state index contributed by atoms with van der Waals surface area (Å²) in [6.07, 6.45) is 7.61. The average molecular weight is 463 g/mol. The van der Waals surface area contributed by atoms with Gasteiger partial charge in [-0.05, 0) is 62.4 Å². The first-order valence-electron chi connectivity index (χ1n) is 10.8. The summed E-state index contributed by atoms with van der Waals surface area (Å²) in [7, 11) is -3.62. The molecule has 2 fully saturated rings. The predicted octanol–water partition coefficient (Wildman–Crippen LogP) is 4.15. The second kappa shape index (κ2) is 9.54. The molecule has 166 valence electrons. The molecule has 0 radical (unpaired) electrons. The fourth-order valence-corrected chi connectivity index (χ4v) is 5.93. The van der Waals surface area contributed by atoms with Crippen molar-refractivity contribution in [3.8, 4) is 0 Å². The number of amides is 1. The first kappa shape index (κ1) is 22.0. The van der Waals surface area contributed by atoms with Gasteiger partial charge < -0.3 is 10.2 Å². The molecule has 1 amide bonds. The van der Waals surface area contributed by atoms with Crippen LogP contribution in [0.2, 0.25) is 5.15 Å². The zero-order valence-corrected chi connectivity index (χ0v) is 19.0. The van der Waals surface area contributed by atoms with E-state index in [1.54, 1.807) is 24.3 Å². The van der Waals surface area contributed by atoms with Gasteiger partial charge in [-0.2, -0.15) is 4.31 Å². The van der Waals surface area contributed by atoms with Crippen molar-refractivity contribution in [2.24, 2.45) is 0 Å².